The Bertz CT molecular complexity index is 423. The smallest absolute Gasteiger partial charge is 0.282 e. The molecule has 0 amide bonds. The lowest BCUT2D eigenvalue weighted by atomic mass is 10.3. The van der Waals surface area contributed by atoms with Gasteiger partial charge in [-0.15, -0.1) is 11.0 Å². The second kappa shape index (κ2) is 3.85. The van der Waals surface area contributed by atoms with Crippen LogP contribution in [-0.2, 0) is 6.54 Å². The summed E-state index contributed by atoms with van der Waals surface area (Å²) >= 11 is 0. The molecule has 4 nitrogen and oxygen atoms in total. The summed E-state index contributed by atoms with van der Waals surface area (Å²) in [7, 11) is 0. The van der Waals surface area contributed by atoms with E-state index in [2.05, 4.69) is 22.0 Å². The lowest BCUT2D eigenvalue weighted by Gasteiger charge is -2.05. The second-order valence-corrected chi connectivity index (χ2v) is 2.67. The van der Waals surface area contributed by atoms with Crippen LogP contribution < -0.4 is 5.69 Å². The first-order chi connectivity index (χ1) is 6.16. The third kappa shape index (κ3) is 1.94. The number of aryl methyl sites for hydroxylation is 1. The fourth-order valence-corrected chi connectivity index (χ4v) is 0.927. The molecule has 0 aliphatic heterocycles. The van der Waals surface area contributed by atoms with Gasteiger partial charge in [-0.2, -0.15) is 0 Å². The van der Waals surface area contributed by atoms with Crippen LogP contribution in [0.4, 0.5) is 0 Å². The fourth-order valence-electron chi connectivity index (χ4n) is 0.927. The molecule has 13 heavy (non-hydrogen) atoms. The average Bonchev–Trinajstić information content (AvgIpc) is 2.12. The third-order valence-electron chi connectivity index (χ3n) is 1.86. The van der Waals surface area contributed by atoms with Gasteiger partial charge in [0.25, 0.3) is 0 Å². The summed E-state index contributed by atoms with van der Waals surface area (Å²) in [5, 5.41) is 7.20. The first kappa shape index (κ1) is 9.46. The molecule has 0 saturated heterocycles. The van der Waals surface area contributed by atoms with Gasteiger partial charge >= 0.3 is 5.69 Å². The molecule has 0 radical (unpaired) electrons. The Morgan fingerprint density at radius 2 is 2.08 bits per heavy atom. The van der Waals surface area contributed by atoms with Gasteiger partial charge in [-0.3, -0.25) is 4.57 Å². The highest BCUT2D eigenvalue weighted by Gasteiger charge is 2.02. The van der Waals surface area contributed by atoms with Crippen LogP contribution in [0.3, 0.4) is 0 Å². The summed E-state index contributed by atoms with van der Waals surface area (Å²) in [6.45, 7) is 5.78. The molecule has 1 rings (SSSR count). The molecule has 0 bridgehead atoms. The van der Waals surface area contributed by atoms with Gasteiger partial charge in [0.1, 0.15) is 0 Å². The topological polar surface area (TPSA) is 47.8 Å². The molecule has 0 atom stereocenters. The van der Waals surface area contributed by atoms with Crippen LogP contribution in [0, 0.1) is 25.7 Å². The maximum absolute atomic E-state index is 11.2. The fraction of sp³-hybridized carbons (Fsp3) is 0.444. The maximum Gasteiger partial charge on any atom is 0.367 e. The van der Waals surface area contributed by atoms with Gasteiger partial charge in [0.15, 0.2) is 0 Å². The zero-order valence-electron chi connectivity index (χ0n) is 7.96. The van der Waals surface area contributed by atoms with Gasteiger partial charge in [-0.25, -0.2) is 4.79 Å². The van der Waals surface area contributed by atoms with Crippen LogP contribution in [0.25, 0.3) is 0 Å². The minimum absolute atomic E-state index is 0.342. The Kier molecular flexibility index (Phi) is 2.80. The largest absolute Gasteiger partial charge is 0.367 e. The molecular formula is C9H11N3O. The molecule has 68 valence electrons. The van der Waals surface area contributed by atoms with Crippen LogP contribution >= 0.6 is 0 Å². The van der Waals surface area contributed by atoms with Gasteiger partial charge in [-0.1, -0.05) is 11.0 Å². The van der Waals surface area contributed by atoms with Gasteiger partial charge in [0, 0.05) is 5.69 Å². The van der Waals surface area contributed by atoms with Crippen molar-refractivity contribution in [1.29, 1.82) is 0 Å². The lowest BCUT2D eigenvalue weighted by Crippen LogP contribution is -2.26. The molecule has 0 aliphatic carbocycles. The maximum atomic E-state index is 11.2. The molecule has 0 unspecified atom stereocenters. The van der Waals surface area contributed by atoms with Crippen molar-refractivity contribution in [2.75, 3.05) is 0 Å². The van der Waals surface area contributed by atoms with Crippen molar-refractivity contribution in [1.82, 2.24) is 14.8 Å². The summed E-state index contributed by atoms with van der Waals surface area (Å²) in [5.74, 6) is 5.55. The second-order valence-electron chi connectivity index (χ2n) is 2.67. The highest BCUT2D eigenvalue weighted by atomic mass is 16.1. The van der Waals surface area contributed by atoms with Crippen molar-refractivity contribution in [3.05, 3.63) is 21.9 Å². The number of rotatable bonds is 1. The van der Waals surface area contributed by atoms with Crippen LogP contribution in [0.5, 0.6) is 0 Å². The van der Waals surface area contributed by atoms with E-state index >= 15 is 0 Å². The van der Waals surface area contributed by atoms with E-state index in [4.69, 9.17) is 0 Å². The van der Waals surface area contributed by atoms with Gasteiger partial charge in [0.2, 0.25) is 0 Å². The van der Waals surface area contributed by atoms with Crippen LogP contribution in [-0.4, -0.2) is 14.8 Å². The number of nitrogens with zero attached hydrogens (tertiary/aromatic N) is 3. The van der Waals surface area contributed by atoms with E-state index in [1.807, 2.05) is 13.8 Å². The van der Waals surface area contributed by atoms with E-state index in [0.29, 0.717) is 6.54 Å². The Labute approximate surface area is 76.6 Å². The van der Waals surface area contributed by atoms with Crippen molar-refractivity contribution < 1.29 is 0 Å². The molecule has 0 saturated carbocycles. The van der Waals surface area contributed by atoms with Crippen molar-refractivity contribution in [2.45, 2.75) is 27.3 Å². The number of aromatic nitrogens is 3. The molecule has 0 fully saturated rings. The first-order valence-electron chi connectivity index (χ1n) is 3.97. The SMILES string of the molecule is CC#CCn1c(C)c(C)nnc1=O. The summed E-state index contributed by atoms with van der Waals surface area (Å²) in [6, 6.07) is 0. The predicted octanol–water partition coefficient (Wildman–Crippen LogP) is 0.278. The van der Waals surface area contributed by atoms with Crippen LogP contribution in [0.2, 0.25) is 0 Å². The summed E-state index contributed by atoms with van der Waals surface area (Å²) < 4.78 is 1.51. The summed E-state index contributed by atoms with van der Waals surface area (Å²) in [6.07, 6.45) is 0. The monoisotopic (exact) mass is 177 g/mol. The molecule has 0 N–H and O–H groups in total. The Hall–Kier alpha value is -1.63. The molecule has 1 aromatic rings. The van der Waals surface area contributed by atoms with Gasteiger partial charge < -0.3 is 0 Å². The summed E-state index contributed by atoms with van der Waals surface area (Å²) in [5.41, 5.74) is 1.24. The minimum atomic E-state index is -0.342. The zero-order valence-corrected chi connectivity index (χ0v) is 7.96. The Balaban J connectivity index is 3.23. The van der Waals surface area contributed by atoms with E-state index < -0.39 is 0 Å². The third-order valence-corrected chi connectivity index (χ3v) is 1.86. The van der Waals surface area contributed by atoms with Crippen molar-refractivity contribution in [3.63, 3.8) is 0 Å². The molecule has 0 aliphatic rings. The summed E-state index contributed by atoms with van der Waals surface area (Å²) in [4.78, 5) is 11.2. The van der Waals surface area contributed by atoms with Gasteiger partial charge in [0.05, 0.1) is 12.2 Å². The lowest BCUT2D eigenvalue weighted by molar-refractivity contribution is 0.676. The molecule has 4 heteroatoms. The number of hydrogen-bond donors (Lipinski definition) is 0. The minimum Gasteiger partial charge on any atom is -0.282 e. The van der Waals surface area contributed by atoms with Gasteiger partial charge in [-0.05, 0) is 20.8 Å². The molecular weight excluding hydrogens is 166 g/mol. The highest BCUT2D eigenvalue weighted by molar-refractivity contribution is 5.08. The average molecular weight is 177 g/mol. The quantitative estimate of drug-likeness (QED) is 0.579. The van der Waals surface area contributed by atoms with Crippen molar-refractivity contribution >= 4 is 0 Å². The molecule has 1 aromatic heterocycles. The van der Waals surface area contributed by atoms with Crippen molar-refractivity contribution in [3.8, 4) is 11.8 Å². The Morgan fingerprint density at radius 1 is 1.38 bits per heavy atom. The molecule has 0 aromatic carbocycles. The Morgan fingerprint density at radius 3 is 2.69 bits per heavy atom. The van der Waals surface area contributed by atoms with E-state index in [9.17, 15) is 4.79 Å². The van der Waals surface area contributed by atoms with E-state index in [1.165, 1.54) is 4.57 Å². The predicted molar refractivity (Wildman–Crippen MR) is 49.2 cm³/mol. The standard InChI is InChI=1S/C9H11N3O/c1-4-5-6-12-8(3)7(2)10-11-9(12)13/h6H2,1-3H3. The van der Waals surface area contributed by atoms with E-state index in [-0.39, 0.29) is 5.69 Å². The molecule has 1 heterocycles. The number of hydrogen-bond acceptors (Lipinski definition) is 3. The van der Waals surface area contributed by atoms with Crippen molar-refractivity contribution in [2.24, 2.45) is 0 Å². The van der Waals surface area contributed by atoms with Crippen LogP contribution in [0.1, 0.15) is 18.3 Å². The van der Waals surface area contributed by atoms with E-state index in [1.54, 1.807) is 6.92 Å². The normalized spacial score (nSPS) is 9.15. The van der Waals surface area contributed by atoms with E-state index in [0.717, 1.165) is 11.4 Å². The van der Waals surface area contributed by atoms with Crippen LogP contribution in [0.15, 0.2) is 4.79 Å². The first-order valence-corrected chi connectivity index (χ1v) is 3.97. The highest BCUT2D eigenvalue weighted by Crippen LogP contribution is 1.96. The zero-order chi connectivity index (χ0) is 9.84. The molecule has 0 spiro atoms.